The van der Waals surface area contributed by atoms with Crippen LogP contribution in [-0.2, 0) is 6.42 Å². The molecule has 2 rings (SSSR count). The summed E-state index contributed by atoms with van der Waals surface area (Å²) in [5.74, 6) is 0. The molecule has 15 heavy (non-hydrogen) atoms. The first kappa shape index (κ1) is 12.0. The standard InChI is InChI=1S/C11H10ClN.C2H6/c1-2-10-5-3-8-7-9(12)4-6-11(8)13-10;1-2/h3-7H,2H2,1H3;1-2H3. The normalized spacial score (nSPS) is 9.60. The van der Waals surface area contributed by atoms with Crippen molar-refractivity contribution in [1.82, 2.24) is 4.98 Å². The van der Waals surface area contributed by atoms with Gasteiger partial charge in [0.15, 0.2) is 0 Å². The summed E-state index contributed by atoms with van der Waals surface area (Å²) < 4.78 is 0. The van der Waals surface area contributed by atoms with Gasteiger partial charge in [0.25, 0.3) is 0 Å². The molecule has 0 spiro atoms. The molecule has 1 nitrogen and oxygen atoms in total. The Balaban J connectivity index is 0.000000531. The van der Waals surface area contributed by atoms with Crippen LogP contribution in [0.1, 0.15) is 26.5 Å². The van der Waals surface area contributed by atoms with E-state index in [2.05, 4.69) is 18.0 Å². The van der Waals surface area contributed by atoms with E-state index in [-0.39, 0.29) is 0 Å². The molecule has 0 bridgehead atoms. The van der Waals surface area contributed by atoms with Crippen molar-refractivity contribution in [3.05, 3.63) is 41.0 Å². The number of benzene rings is 1. The van der Waals surface area contributed by atoms with E-state index in [1.807, 2.05) is 38.1 Å². The number of aryl methyl sites for hydroxylation is 1. The number of hydrogen-bond acceptors (Lipinski definition) is 1. The lowest BCUT2D eigenvalue weighted by Gasteiger charge is -2.00. The van der Waals surface area contributed by atoms with Crippen LogP contribution in [0.3, 0.4) is 0 Å². The van der Waals surface area contributed by atoms with E-state index in [1.54, 1.807) is 0 Å². The molecule has 0 amide bonds. The van der Waals surface area contributed by atoms with E-state index in [0.29, 0.717) is 0 Å². The molecule has 0 radical (unpaired) electrons. The second-order valence-corrected chi connectivity index (χ2v) is 3.43. The van der Waals surface area contributed by atoms with E-state index in [0.717, 1.165) is 28.0 Å². The largest absolute Gasteiger partial charge is 0.253 e. The molecule has 2 aromatic rings. The third-order valence-electron chi connectivity index (χ3n) is 2.07. The van der Waals surface area contributed by atoms with Crippen molar-refractivity contribution in [3.63, 3.8) is 0 Å². The molecule has 0 aliphatic rings. The smallest absolute Gasteiger partial charge is 0.0706 e. The maximum atomic E-state index is 5.86. The lowest BCUT2D eigenvalue weighted by Crippen LogP contribution is -1.86. The fourth-order valence-electron chi connectivity index (χ4n) is 1.34. The van der Waals surface area contributed by atoms with Gasteiger partial charge in [-0.2, -0.15) is 0 Å². The number of hydrogen-bond donors (Lipinski definition) is 0. The predicted molar refractivity (Wildman–Crippen MR) is 67.5 cm³/mol. The van der Waals surface area contributed by atoms with Gasteiger partial charge in [-0.3, -0.25) is 4.98 Å². The highest BCUT2D eigenvalue weighted by Crippen LogP contribution is 2.17. The van der Waals surface area contributed by atoms with E-state index in [9.17, 15) is 0 Å². The topological polar surface area (TPSA) is 12.9 Å². The van der Waals surface area contributed by atoms with Gasteiger partial charge in [0, 0.05) is 16.1 Å². The molecule has 0 N–H and O–H groups in total. The highest BCUT2D eigenvalue weighted by atomic mass is 35.5. The highest BCUT2D eigenvalue weighted by Gasteiger charge is 1.96. The van der Waals surface area contributed by atoms with Gasteiger partial charge in [0.1, 0.15) is 0 Å². The first-order valence-corrected chi connectivity index (χ1v) is 5.72. The van der Waals surface area contributed by atoms with Crippen LogP contribution in [-0.4, -0.2) is 4.98 Å². The summed E-state index contributed by atoms with van der Waals surface area (Å²) in [5, 5.41) is 1.86. The number of aromatic nitrogens is 1. The third kappa shape index (κ3) is 2.93. The minimum Gasteiger partial charge on any atom is -0.253 e. The first-order chi connectivity index (χ1) is 7.29. The molecule has 1 heterocycles. The molecule has 1 aromatic carbocycles. The van der Waals surface area contributed by atoms with E-state index < -0.39 is 0 Å². The number of nitrogens with zero attached hydrogens (tertiary/aromatic N) is 1. The zero-order valence-corrected chi connectivity index (χ0v) is 10.2. The van der Waals surface area contributed by atoms with Gasteiger partial charge in [-0.05, 0) is 30.7 Å². The zero-order chi connectivity index (χ0) is 11.3. The molecule has 0 aliphatic carbocycles. The Kier molecular flexibility index (Phi) is 4.57. The lowest BCUT2D eigenvalue weighted by atomic mass is 10.2. The minimum atomic E-state index is 0.763. The Morgan fingerprint density at radius 1 is 1.13 bits per heavy atom. The van der Waals surface area contributed by atoms with Gasteiger partial charge < -0.3 is 0 Å². The van der Waals surface area contributed by atoms with Crippen LogP contribution in [0.25, 0.3) is 10.9 Å². The zero-order valence-electron chi connectivity index (χ0n) is 9.42. The molecule has 0 unspecified atom stereocenters. The molecule has 0 atom stereocenters. The summed E-state index contributed by atoms with van der Waals surface area (Å²) in [6.07, 6.45) is 0.971. The lowest BCUT2D eigenvalue weighted by molar-refractivity contribution is 1.06. The molecule has 0 aliphatic heterocycles. The maximum Gasteiger partial charge on any atom is 0.0706 e. The average Bonchev–Trinajstić information content (AvgIpc) is 2.31. The van der Waals surface area contributed by atoms with E-state index in [4.69, 9.17) is 11.6 Å². The highest BCUT2D eigenvalue weighted by molar-refractivity contribution is 6.31. The number of rotatable bonds is 1. The molecule has 0 saturated heterocycles. The van der Waals surface area contributed by atoms with Gasteiger partial charge in [-0.1, -0.05) is 38.4 Å². The van der Waals surface area contributed by atoms with Gasteiger partial charge >= 0.3 is 0 Å². The average molecular weight is 222 g/mol. The summed E-state index contributed by atoms with van der Waals surface area (Å²) in [4.78, 5) is 4.48. The summed E-state index contributed by atoms with van der Waals surface area (Å²) in [5.41, 5.74) is 2.14. The molecule has 1 aromatic heterocycles. The molecule has 0 saturated carbocycles. The fraction of sp³-hybridized carbons (Fsp3) is 0.308. The van der Waals surface area contributed by atoms with Crippen LogP contribution in [0.15, 0.2) is 30.3 Å². The van der Waals surface area contributed by atoms with Gasteiger partial charge in [0.05, 0.1) is 5.52 Å². The number of fused-ring (bicyclic) bond motifs is 1. The van der Waals surface area contributed by atoms with Gasteiger partial charge in [0.2, 0.25) is 0 Å². The van der Waals surface area contributed by atoms with Crippen molar-refractivity contribution in [2.45, 2.75) is 27.2 Å². The predicted octanol–water partition coefficient (Wildman–Crippen LogP) is 4.48. The first-order valence-electron chi connectivity index (χ1n) is 5.35. The molecule has 0 fully saturated rings. The molecular formula is C13H16ClN. The minimum absolute atomic E-state index is 0.763. The van der Waals surface area contributed by atoms with Crippen molar-refractivity contribution in [3.8, 4) is 0 Å². The van der Waals surface area contributed by atoms with Crippen molar-refractivity contribution in [2.24, 2.45) is 0 Å². The maximum absolute atomic E-state index is 5.86. The number of halogens is 1. The Morgan fingerprint density at radius 2 is 1.87 bits per heavy atom. The summed E-state index contributed by atoms with van der Waals surface area (Å²) in [6.45, 7) is 6.10. The SMILES string of the molecule is CC.CCc1ccc2cc(Cl)ccc2n1. The van der Waals surface area contributed by atoms with Gasteiger partial charge in [-0.15, -0.1) is 0 Å². The summed E-state index contributed by atoms with van der Waals surface area (Å²) in [7, 11) is 0. The van der Waals surface area contributed by atoms with Crippen LogP contribution >= 0.6 is 11.6 Å². The summed E-state index contributed by atoms with van der Waals surface area (Å²) in [6, 6.07) is 9.86. The van der Waals surface area contributed by atoms with E-state index >= 15 is 0 Å². The van der Waals surface area contributed by atoms with Crippen LogP contribution < -0.4 is 0 Å². The molecule has 80 valence electrons. The van der Waals surface area contributed by atoms with Crippen LogP contribution in [0.5, 0.6) is 0 Å². The Bertz CT molecular complexity index is 437. The van der Waals surface area contributed by atoms with Crippen LogP contribution in [0.2, 0.25) is 5.02 Å². The summed E-state index contributed by atoms with van der Waals surface area (Å²) >= 11 is 5.86. The molecule has 2 heteroatoms. The quantitative estimate of drug-likeness (QED) is 0.692. The fourth-order valence-corrected chi connectivity index (χ4v) is 1.52. The third-order valence-corrected chi connectivity index (χ3v) is 2.31. The van der Waals surface area contributed by atoms with Crippen molar-refractivity contribution in [2.75, 3.05) is 0 Å². The molecular weight excluding hydrogens is 206 g/mol. The monoisotopic (exact) mass is 221 g/mol. The number of pyridine rings is 1. The second-order valence-electron chi connectivity index (χ2n) is 2.99. The Morgan fingerprint density at radius 3 is 2.53 bits per heavy atom. The van der Waals surface area contributed by atoms with Crippen molar-refractivity contribution in [1.29, 1.82) is 0 Å². The second kappa shape index (κ2) is 5.72. The van der Waals surface area contributed by atoms with E-state index in [1.165, 1.54) is 0 Å². The van der Waals surface area contributed by atoms with Crippen molar-refractivity contribution < 1.29 is 0 Å². The van der Waals surface area contributed by atoms with Crippen LogP contribution in [0.4, 0.5) is 0 Å². The van der Waals surface area contributed by atoms with Gasteiger partial charge in [-0.25, -0.2) is 0 Å². The Hall–Kier alpha value is -1.08. The Labute approximate surface area is 96.1 Å². The van der Waals surface area contributed by atoms with Crippen LogP contribution in [0, 0.1) is 0 Å². The van der Waals surface area contributed by atoms with Crippen molar-refractivity contribution >= 4 is 22.5 Å².